The van der Waals surface area contributed by atoms with E-state index in [9.17, 15) is 0 Å². The van der Waals surface area contributed by atoms with Gasteiger partial charge in [0.2, 0.25) is 0 Å². The third-order valence-corrected chi connectivity index (χ3v) is 4.23. The Morgan fingerprint density at radius 1 is 1.17 bits per heavy atom. The summed E-state index contributed by atoms with van der Waals surface area (Å²) in [5.41, 5.74) is 1.26. The number of halogens is 1. The maximum Gasteiger partial charge on any atom is 0.137 e. The highest BCUT2D eigenvalue weighted by Gasteiger charge is 2.12. The Hall–Kier alpha value is -0.540. The second-order valence-corrected chi connectivity index (χ2v) is 6.05. The maximum absolute atomic E-state index is 5.87. The van der Waals surface area contributed by atoms with Crippen LogP contribution in [-0.4, -0.2) is 26.2 Å². The lowest BCUT2D eigenvalue weighted by molar-refractivity contribution is -0.899. The minimum Gasteiger partial charge on any atom is -0.487 e. The molecule has 1 aliphatic heterocycles. The molecule has 1 aliphatic rings. The van der Waals surface area contributed by atoms with E-state index in [1.54, 1.807) is 4.90 Å². The van der Waals surface area contributed by atoms with Crippen LogP contribution in [0.25, 0.3) is 0 Å². The Labute approximate surface area is 118 Å². The molecule has 18 heavy (non-hydrogen) atoms. The Morgan fingerprint density at radius 3 is 2.56 bits per heavy atom. The molecule has 0 saturated carbocycles. The van der Waals surface area contributed by atoms with Crippen molar-refractivity contribution in [2.75, 3.05) is 26.2 Å². The van der Waals surface area contributed by atoms with Crippen molar-refractivity contribution in [3.8, 4) is 5.75 Å². The second kappa shape index (κ2) is 7.15. The highest BCUT2D eigenvalue weighted by molar-refractivity contribution is 9.10. The molecule has 0 bridgehead atoms. The second-order valence-electron chi connectivity index (χ2n) is 5.20. The van der Waals surface area contributed by atoms with Crippen LogP contribution in [-0.2, 0) is 0 Å². The average molecular weight is 313 g/mol. The molecule has 100 valence electrons. The van der Waals surface area contributed by atoms with Gasteiger partial charge in [0, 0.05) is 0 Å². The fraction of sp³-hybridized carbons (Fsp3) is 0.600. The monoisotopic (exact) mass is 312 g/mol. The van der Waals surface area contributed by atoms with Crippen LogP contribution in [0.2, 0.25) is 0 Å². The third kappa shape index (κ3) is 4.29. The molecule has 0 amide bonds. The average Bonchev–Trinajstić information content (AvgIpc) is 2.60. The molecule has 1 N–H and O–H groups in total. The number of hydrogen-bond donors (Lipinski definition) is 1. The lowest BCUT2D eigenvalue weighted by atomic mass is 10.2. The summed E-state index contributed by atoms with van der Waals surface area (Å²) in [7, 11) is 0. The van der Waals surface area contributed by atoms with Crippen molar-refractivity contribution >= 4 is 15.9 Å². The van der Waals surface area contributed by atoms with E-state index in [2.05, 4.69) is 41.1 Å². The number of rotatable bonds is 4. The molecule has 1 aromatic rings. The summed E-state index contributed by atoms with van der Waals surface area (Å²) in [5.74, 6) is 0.967. The molecular weight excluding hydrogens is 290 g/mol. The molecule has 2 rings (SSSR count). The van der Waals surface area contributed by atoms with Crippen molar-refractivity contribution in [3.63, 3.8) is 0 Å². The third-order valence-electron chi connectivity index (χ3n) is 3.61. The molecular formula is C15H23BrNO+. The summed E-state index contributed by atoms with van der Waals surface area (Å²) >= 11 is 3.55. The standard InChI is InChI=1S/C15H22BrNO/c1-13-6-7-15(14(16)12-13)18-11-10-17-8-4-2-3-5-9-17/h6-7,12H,2-5,8-11H2,1H3/p+1. The fourth-order valence-electron chi connectivity index (χ4n) is 2.51. The number of ether oxygens (including phenoxy) is 1. The van der Waals surface area contributed by atoms with Gasteiger partial charge in [0.1, 0.15) is 18.9 Å². The number of benzene rings is 1. The normalized spacial score (nSPS) is 17.4. The van der Waals surface area contributed by atoms with Gasteiger partial charge in [0.25, 0.3) is 0 Å². The lowest BCUT2D eigenvalue weighted by Gasteiger charge is -2.17. The van der Waals surface area contributed by atoms with Crippen molar-refractivity contribution in [1.29, 1.82) is 0 Å². The molecule has 1 fully saturated rings. The van der Waals surface area contributed by atoms with Crippen LogP contribution in [0.1, 0.15) is 31.2 Å². The van der Waals surface area contributed by atoms with E-state index in [1.807, 2.05) is 0 Å². The molecule has 0 aliphatic carbocycles. The zero-order valence-electron chi connectivity index (χ0n) is 11.2. The summed E-state index contributed by atoms with van der Waals surface area (Å²) in [6.45, 7) is 6.67. The van der Waals surface area contributed by atoms with Crippen molar-refractivity contribution < 1.29 is 9.64 Å². The summed E-state index contributed by atoms with van der Waals surface area (Å²) in [6.07, 6.45) is 5.58. The Morgan fingerprint density at radius 2 is 1.89 bits per heavy atom. The van der Waals surface area contributed by atoms with Crippen LogP contribution in [0.5, 0.6) is 5.75 Å². The molecule has 0 atom stereocenters. The van der Waals surface area contributed by atoms with Crippen LogP contribution in [0.3, 0.4) is 0 Å². The van der Waals surface area contributed by atoms with Gasteiger partial charge >= 0.3 is 0 Å². The van der Waals surface area contributed by atoms with Gasteiger partial charge in [-0.1, -0.05) is 6.07 Å². The Balaban J connectivity index is 1.77. The van der Waals surface area contributed by atoms with Gasteiger partial charge in [0.05, 0.1) is 17.6 Å². The van der Waals surface area contributed by atoms with Gasteiger partial charge in [-0.3, -0.25) is 0 Å². The van der Waals surface area contributed by atoms with Crippen molar-refractivity contribution in [2.45, 2.75) is 32.6 Å². The number of likely N-dealkylation sites (tertiary alicyclic amines) is 1. The van der Waals surface area contributed by atoms with Crippen molar-refractivity contribution in [1.82, 2.24) is 0 Å². The minimum atomic E-state index is 0.816. The van der Waals surface area contributed by atoms with Gasteiger partial charge in [-0.2, -0.15) is 0 Å². The molecule has 1 saturated heterocycles. The van der Waals surface area contributed by atoms with E-state index in [4.69, 9.17) is 4.74 Å². The van der Waals surface area contributed by atoms with Gasteiger partial charge in [-0.05, 0) is 66.2 Å². The van der Waals surface area contributed by atoms with E-state index in [0.717, 1.165) is 23.4 Å². The van der Waals surface area contributed by atoms with Crippen LogP contribution >= 0.6 is 15.9 Å². The molecule has 0 radical (unpaired) electrons. The first-order valence-electron chi connectivity index (χ1n) is 6.98. The highest BCUT2D eigenvalue weighted by Crippen LogP contribution is 2.25. The van der Waals surface area contributed by atoms with Gasteiger partial charge in [0.15, 0.2) is 0 Å². The molecule has 1 heterocycles. The van der Waals surface area contributed by atoms with Crippen LogP contribution < -0.4 is 9.64 Å². The minimum absolute atomic E-state index is 0.816. The van der Waals surface area contributed by atoms with Crippen LogP contribution in [0, 0.1) is 6.92 Å². The summed E-state index contributed by atoms with van der Waals surface area (Å²) in [4.78, 5) is 1.70. The topological polar surface area (TPSA) is 13.7 Å². The maximum atomic E-state index is 5.87. The number of hydrogen-bond acceptors (Lipinski definition) is 1. The number of nitrogens with one attached hydrogen (secondary N) is 1. The van der Waals surface area contributed by atoms with Crippen molar-refractivity contribution in [3.05, 3.63) is 28.2 Å². The first kappa shape index (κ1) is 13.9. The van der Waals surface area contributed by atoms with E-state index in [0.29, 0.717) is 0 Å². The van der Waals surface area contributed by atoms with Gasteiger partial charge in [-0.25, -0.2) is 0 Å². The zero-order chi connectivity index (χ0) is 12.8. The highest BCUT2D eigenvalue weighted by atomic mass is 79.9. The molecule has 0 spiro atoms. The predicted octanol–water partition coefficient (Wildman–Crippen LogP) is 2.60. The Bertz CT molecular complexity index is 373. The van der Waals surface area contributed by atoms with Gasteiger partial charge < -0.3 is 9.64 Å². The van der Waals surface area contributed by atoms with E-state index in [1.165, 1.54) is 44.3 Å². The van der Waals surface area contributed by atoms with E-state index < -0.39 is 0 Å². The lowest BCUT2D eigenvalue weighted by Crippen LogP contribution is -3.12. The smallest absolute Gasteiger partial charge is 0.137 e. The first-order chi connectivity index (χ1) is 8.75. The largest absolute Gasteiger partial charge is 0.487 e. The molecule has 1 aromatic carbocycles. The molecule has 3 heteroatoms. The Kier molecular flexibility index (Phi) is 5.51. The molecule has 0 unspecified atom stereocenters. The number of aryl methyl sites for hydroxylation is 1. The van der Waals surface area contributed by atoms with Crippen LogP contribution in [0.4, 0.5) is 0 Å². The molecule has 2 nitrogen and oxygen atoms in total. The van der Waals surface area contributed by atoms with Crippen molar-refractivity contribution in [2.24, 2.45) is 0 Å². The quantitative estimate of drug-likeness (QED) is 0.902. The summed E-state index contributed by atoms with van der Waals surface area (Å²) < 4.78 is 6.93. The molecule has 0 aromatic heterocycles. The van der Waals surface area contributed by atoms with E-state index >= 15 is 0 Å². The van der Waals surface area contributed by atoms with E-state index in [-0.39, 0.29) is 0 Å². The van der Waals surface area contributed by atoms with Gasteiger partial charge in [-0.15, -0.1) is 0 Å². The summed E-state index contributed by atoms with van der Waals surface area (Å²) in [6, 6.07) is 6.25. The summed E-state index contributed by atoms with van der Waals surface area (Å²) in [5, 5.41) is 0. The fourth-order valence-corrected chi connectivity index (χ4v) is 3.11. The predicted molar refractivity (Wildman–Crippen MR) is 78.4 cm³/mol. The zero-order valence-corrected chi connectivity index (χ0v) is 12.8. The number of quaternary nitrogens is 1. The first-order valence-corrected chi connectivity index (χ1v) is 7.77. The van der Waals surface area contributed by atoms with Crippen LogP contribution in [0.15, 0.2) is 22.7 Å². The SMILES string of the molecule is Cc1ccc(OCC[NH+]2CCCCCC2)c(Br)c1.